The van der Waals surface area contributed by atoms with Gasteiger partial charge in [-0.1, -0.05) is 37.3 Å². The number of benzene rings is 1. The van der Waals surface area contributed by atoms with Crippen LogP contribution in [0.3, 0.4) is 0 Å². The Hall–Kier alpha value is -0.900. The molecule has 0 aromatic heterocycles. The van der Waals surface area contributed by atoms with Crippen LogP contribution in [0.2, 0.25) is 0 Å². The molecule has 0 saturated heterocycles. The summed E-state index contributed by atoms with van der Waals surface area (Å²) in [6.07, 6.45) is 5.00. The van der Waals surface area contributed by atoms with Gasteiger partial charge in [-0.3, -0.25) is 4.90 Å². The van der Waals surface area contributed by atoms with Crippen molar-refractivity contribution in [1.82, 2.24) is 10.2 Å². The lowest BCUT2D eigenvalue weighted by Gasteiger charge is -2.37. The van der Waals surface area contributed by atoms with Crippen LogP contribution in [0.25, 0.3) is 0 Å². The molecule has 20 heavy (non-hydrogen) atoms. The molecule has 112 valence electrons. The second-order valence-corrected chi connectivity index (χ2v) is 5.74. The van der Waals surface area contributed by atoms with Crippen LogP contribution in [0, 0.1) is 0 Å². The van der Waals surface area contributed by atoms with E-state index in [9.17, 15) is 5.11 Å². The van der Waals surface area contributed by atoms with Gasteiger partial charge in [0.2, 0.25) is 0 Å². The molecule has 0 unspecified atom stereocenters. The predicted molar refractivity (Wildman–Crippen MR) is 83.7 cm³/mol. The van der Waals surface area contributed by atoms with Gasteiger partial charge in [0.1, 0.15) is 0 Å². The number of aliphatic hydroxyl groups is 1. The van der Waals surface area contributed by atoms with Crippen molar-refractivity contribution in [2.24, 2.45) is 0 Å². The summed E-state index contributed by atoms with van der Waals surface area (Å²) in [6.45, 7) is 5.24. The zero-order chi connectivity index (χ0) is 14.2. The highest BCUT2D eigenvalue weighted by Crippen LogP contribution is 2.24. The molecule has 0 atom stereocenters. The smallest absolute Gasteiger partial charge is 0.0558 e. The molecule has 0 amide bonds. The minimum atomic E-state index is 0.250. The van der Waals surface area contributed by atoms with E-state index < -0.39 is 0 Å². The lowest BCUT2D eigenvalue weighted by atomic mass is 9.90. The van der Waals surface area contributed by atoms with Crippen LogP contribution < -0.4 is 5.32 Å². The fraction of sp³-hybridized carbons (Fsp3) is 0.647. The highest BCUT2D eigenvalue weighted by molar-refractivity contribution is 5.14. The fourth-order valence-corrected chi connectivity index (χ4v) is 3.27. The van der Waals surface area contributed by atoms with Gasteiger partial charge in [0.05, 0.1) is 6.61 Å². The zero-order valence-electron chi connectivity index (χ0n) is 12.6. The molecular formula is C17H28N2O. The van der Waals surface area contributed by atoms with Gasteiger partial charge in [0.15, 0.2) is 0 Å². The Morgan fingerprint density at radius 3 is 2.45 bits per heavy atom. The number of hydrogen-bond acceptors (Lipinski definition) is 3. The van der Waals surface area contributed by atoms with Gasteiger partial charge in [-0.15, -0.1) is 0 Å². The van der Waals surface area contributed by atoms with E-state index in [1.807, 2.05) is 0 Å². The first-order chi connectivity index (χ1) is 9.83. The molecule has 3 nitrogen and oxygen atoms in total. The third-order valence-corrected chi connectivity index (χ3v) is 4.32. The SMILES string of the molecule is CCNC1CCC(N(CCO)Cc2ccccc2)CC1. The van der Waals surface area contributed by atoms with Crippen LogP contribution in [-0.4, -0.2) is 41.8 Å². The van der Waals surface area contributed by atoms with Crippen molar-refractivity contribution < 1.29 is 5.11 Å². The number of nitrogens with zero attached hydrogens (tertiary/aromatic N) is 1. The van der Waals surface area contributed by atoms with E-state index >= 15 is 0 Å². The first-order valence-electron chi connectivity index (χ1n) is 7.95. The molecule has 0 heterocycles. The van der Waals surface area contributed by atoms with E-state index in [0.717, 1.165) is 19.6 Å². The van der Waals surface area contributed by atoms with Gasteiger partial charge >= 0.3 is 0 Å². The summed E-state index contributed by atoms with van der Waals surface area (Å²) >= 11 is 0. The van der Waals surface area contributed by atoms with Crippen molar-refractivity contribution >= 4 is 0 Å². The fourth-order valence-electron chi connectivity index (χ4n) is 3.27. The first kappa shape index (κ1) is 15.5. The quantitative estimate of drug-likeness (QED) is 0.803. The molecule has 1 aromatic carbocycles. The maximum atomic E-state index is 9.33. The average Bonchev–Trinajstić information content (AvgIpc) is 2.49. The Morgan fingerprint density at radius 1 is 1.15 bits per heavy atom. The van der Waals surface area contributed by atoms with Crippen molar-refractivity contribution in [3.05, 3.63) is 35.9 Å². The maximum Gasteiger partial charge on any atom is 0.0558 e. The van der Waals surface area contributed by atoms with Gasteiger partial charge in [-0.05, 0) is 37.8 Å². The molecule has 2 rings (SSSR count). The molecule has 2 N–H and O–H groups in total. The molecule has 1 aliphatic carbocycles. The Morgan fingerprint density at radius 2 is 1.85 bits per heavy atom. The van der Waals surface area contributed by atoms with Crippen molar-refractivity contribution in [2.75, 3.05) is 19.7 Å². The minimum absolute atomic E-state index is 0.250. The number of hydrogen-bond donors (Lipinski definition) is 2. The molecular weight excluding hydrogens is 248 g/mol. The maximum absolute atomic E-state index is 9.33. The Kier molecular flexibility index (Phi) is 6.51. The third kappa shape index (κ3) is 4.58. The van der Waals surface area contributed by atoms with E-state index in [0.29, 0.717) is 12.1 Å². The lowest BCUT2D eigenvalue weighted by molar-refractivity contribution is 0.109. The van der Waals surface area contributed by atoms with Gasteiger partial charge in [0.25, 0.3) is 0 Å². The van der Waals surface area contributed by atoms with Crippen molar-refractivity contribution in [3.63, 3.8) is 0 Å². The summed E-state index contributed by atoms with van der Waals surface area (Å²) in [4.78, 5) is 2.46. The molecule has 0 radical (unpaired) electrons. The van der Waals surface area contributed by atoms with Crippen LogP contribution in [0.4, 0.5) is 0 Å². The Labute approximate surface area is 123 Å². The molecule has 1 aliphatic rings. The highest BCUT2D eigenvalue weighted by atomic mass is 16.3. The molecule has 0 bridgehead atoms. The average molecular weight is 276 g/mol. The van der Waals surface area contributed by atoms with Crippen molar-refractivity contribution in [3.8, 4) is 0 Å². The van der Waals surface area contributed by atoms with E-state index in [1.165, 1.54) is 31.2 Å². The van der Waals surface area contributed by atoms with E-state index in [4.69, 9.17) is 0 Å². The van der Waals surface area contributed by atoms with Crippen LogP contribution >= 0.6 is 0 Å². The second-order valence-electron chi connectivity index (χ2n) is 5.74. The summed E-state index contributed by atoms with van der Waals surface area (Å²) in [5.41, 5.74) is 1.34. The topological polar surface area (TPSA) is 35.5 Å². The monoisotopic (exact) mass is 276 g/mol. The predicted octanol–water partition coefficient (Wildman–Crippen LogP) is 2.40. The van der Waals surface area contributed by atoms with Gasteiger partial charge < -0.3 is 10.4 Å². The van der Waals surface area contributed by atoms with Gasteiger partial charge in [0, 0.05) is 25.2 Å². The molecule has 0 aliphatic heterocycles. The minimum Gasteiger partial charge on any atom is -0.395 e. The third-order valence-electron chi connectivity index (χ3n) is 4.32. The van der Waals surface area contributed by atoms with Crippen LogP contribution in [-0.2, 0) is 6.54 Å². The van der Waals surface area contributed by atoms with Crippen molar-refractivity contribution in [1.29, 1.82) is 0 Å². The van der Waals surface area contributed by atoms with Gasteiger partial charge in [-0.2, -0.15) is 0 Å². The number of rotatable bonds is 7. The highest BCUT2D eigenvalue weighted by Gasteiger charge is 2.25. The summed E-state index contributed by atoms with van der Waals surface area (Å²) in [5, 5.41) is 12.9. The number of nitrogens with one attached hydrogen (secondary N) is 1. The summed E-state index contributed by atoms with van der Waals surface area (Å²) < 4.78 is 0. The van der Waals surface area contributed by atoms with Gasteiger partial charge in [-0.25, -0.2) is 0 Å². The molecule has 1 aromatic rings. The van der Waals surface area contributed by atoms with E-state index in [-0.39, 0.29) is 6.61 Å². The summed E-state index contributed by atoms with van der Waals surface area (Å²) in [5.74, 6) is 0. The molecule has 0 spiro atoms. The van der Waals surface area contributed by atoms with Crippen LogP contribution in [0.1, 0.15) is 38.2 Å². The second kappa shape index (κ2) is 8.40. The molecule has 1 saturated carbocycles. The lowest BCUT2D eigenvalue weighted by Crippen LogP contribution is -2.43. The Bertz CT molecular complexity index is 361. The zero-order valence-corrected chi connectivity index (χ0v) is 12.6. The number of aliphatic hydroxyl groups excluding tert-OH is 1. The van der Waals surface area contributed by atoms with E-state index in [1.54, 1.807) is 0 Å². The van der Waals surface area contributed by atoms with Crippen LogP contribution in [0.15, 0.2) is 30.3 Å². The Balaban J connectivity index is 1.89. The normalized spacial score (nSPS) is 23.1. The standard InChI is InChI=1S/C17H28N2O/c1-2-18-16-8-10-17(11-9-16)19(12-13-20)14-15-6-4-3-5-7-15/h3-7,16-18,20H,2,8-14H2,1H3. The summed E-state index contributed by atoms with van der Waals surface area (Å²) in [7, 11) is 0. The van der Waals surface area contributed by atoms with E-state index in [2.05, 4.69) is 47.5 Å². The van der Waals surface area contributed by atoms with Crippen LogP contribution in [0.5, 0.6) is 0 Å². The van der Waals surface area contributed by atoms with Crippen molar-refractivity contribution in [2.45, 2.75) is 51.2 Å². The first-order valence-corrected chi connectivity index (χ1v) is 7.95. The summed E-state index contributed by atoms with van der Waals surface area (Å²) in [6, 6.07) is 11.9. The molecule has 3 heteroatoms. The molecule has 1 fully saturated rings. The largest absolute Gasteiger partial charge is 0.395 e.